The van der Waals surface area contributed by atoms with Gasteiger partial charge >= 0.3 is 0 Å². The highest BCUT2D eigenvalue weighted by Gasteiger charge is 2.34. The number of nitriles is 1. The lowest BCUT2D eigenvalue weighted by atomic mass is 10.2. The van der Waals surface area contributed by atoms with Crippen molar-refractivity contribution in [1.29, 1.82) is 5.26 Å². The molecule has 2 aliphatic rings. The highest BCUT2D eigenvalue weighted by atomic mass is 32.2. The average molecular weight is 311 g/mol. The standard InChI is InChI=1S/C13H17N3O2S2/c14-9-12-4-5-13(19-12)20(17,18)16-8-2-7-15-6-1-3-11(15)10-16/h4-5,11H,1-3,6-8,10H2. The molecule has 1 unspecified atom stereocenters. The number of fused-ring (bicyclic) bond motifs is 1. The number of hydrogen-bond donors (Lipinski definition) is 0. The maximum absolute atomic E-state index is 12.7. The van der Waals surface area contributed by atoms with Crippen molar-refractivity contribution < 1.29 is 8.42 Å². The van der Waals surface area contributed by atoms with Crippen LogP contribution in [0.2, 0.25) is 0 Å². The van der Waals surface area contributed by atoms with E-state index in [1.54, 1.807) is 16.4 Å². The van der Waals surface area contributed by atoms with Crippen LogP contribution in [0.1, 0.15) is 24.1 Å². The summed E-state index contributed by atoms with van der Waals surface area (Å²) in [6.45, 7) is 3.25. The van der Waals surface area contributed by atoms with Gasteiger partial charge in [0.25, 0.3) is 10.0 Å². The Kier molecular flexibility index (Phi) is 3.82. The summed E-state index contributed by atoms with van der Waals surface area (Å²) in [6, 6.07) is 5.49. The van der Waals surface area contributed by atoms with Crippen molar-refractivity contribution in [2.75, 3.05) is 26.2 Å². The molecule has 0 saturated carbocycles. The number of sulfonamides is 1. The molecule has 3 heterocycles. The lowest BCUT2D eigenvalue weighted by molar-refractivity contribution is 0.257. The summed E-state index contributed by atoms with van der Waals surface area (Å²) in [5, 5.41) is 8.84. The fourth-order valence-electron chi connectivity index (χ4n) is 3.04. The minimum atomic E-state index is -3.44. The van der Waals surface area contributed by atoms with Crippen molar-refractivity contribution in [2.45, 2.75) is 29.5 Å². The second kappa shape index (κ2) is 5.45. The predicted octanol–water partition coefficient (Wildman–Crippen LogP) is 1.48. The molecule has 0 amide bonds. The fourth-order valence-corrected chi connectivity index (χ4v) is 5.81. The minimum Gasteiger partial charge on any atom is -0.299 e. The van der Waals surface area contributed by atoms with Crippen molar-refractivity contribution in [3.05, 3.63) is 17.0 Å². The zero-order valence-electron chi connectivity index (χ0n) is 11.2. The molecule has 5 nitrogen and oxygen atoms in total. The van der Waals surface area contributed by atoms with Crippen molar-refractivity contribution in [2.24, 2.45) is 0 Å². The molecule has 7 heteroatoms. The van der Waals surface area contributed by atoms with Gasteiger partial charge in [-0.3, -0.25) is 4.90 Å². The summed E-state index contributed by atoms with van der Waals surface area (Å²) in [6.07, 6.45) is 3.13. The Balaban J connectivity index is 1.85. The van der Waals surface area contributed by atoms with E-state index in [0.29, 0.717) is 28.2 Å². The summed E-state index contributed by atoms with van der Waals surface area (Å²) in [7, 11) is -3.44. The first-order valence-electron chi connectivity index (χ1n) is 6.85. The van der Waals surface area contributed by atoms with Crippen molar-refractivity contribution in [3.8, 4) is 6.07 Å². The van der Waals surface area contributed by atoms with Crippen LogP contribution in [0.15, 0.2) is 16.3 Å². The van der Waals surface area contributed by atoms with Gasteiger partial charge in [0.2, 0.25) is 0 Å². The van der Waals surface area contributed by atoms with E-state index in [1.165, 1.54) is 0 Å². The van der Waals surface area contributed by atoms with Crippen LogP contribution >= 0.6 is 11.3 Å². The monoisotopic (exact) mass is 311 g/mol. The SMILES string of the molecule is N#Cc1ccc(S(=O)(=O)N2CCCN3CCCC3C2)s1. The Labute approximate surface area is 123 Å². The van der Waals surface area contributed by atoms with E-state index in [-0.39, 0.29) is 0 Å². The van der Waals surface area contributed by atoms with Crippen molar-refractivity contribution in [1.82, 2.24) is 9.21 Å². The molecule has 2 aliphatic heterocycles. The largest absolute Gasteiger partial charge is 0.299 e. The van der Waals surface area contributed by atoms with Gasteiger partial charge in [-0.15, -0.1) is 11.3 Å². The molecule has 1 atom stereocenters. The van der Waals surface area contributed by atoms with Crippen LogP contribution in [0.3, 0.4) is 0 Å². The topological polar surface area (TPSA) is 64.4 Å². The van der Waals surface area contributed by atoms with Crippen LogP contribution in [0.5, 0.6) is 0 Å². The highest BCUT2D eigenvalue weighted by molar-refractivity contribution is 7.91. The summed E-state index contributed by atoms with van der Waals surface area (Å²) in [5.41, 5.74) is 0. The second-order valence-electron chi connectivity index (χ2n) is 5.28. The summed E-state index contributed by atoms with van der Waals surface area (Å²) in [4.78, 5) is 2.85. The molecule has 1 aromatic heterocycles. The van der Waals surface area contributed by atoms with Crippen LogP contribution in [-0.2, 0) is 10.0 Å². The van der Waals surface area contributed by atoms with Gasteiger partial charge < -0.3 is 0 Å². The zero-order chi connectivity index (χ0) is 14.2. The first kappa shape index (κ1) is 14.0. The molecular weight excluding hydrogens is 294 g/mol. The Morgan fingerprint density at radius 1 is 1.25 bits per heavy atom. The van der Waals surface area contributed by atoms with Gasteiger partial charge in [0.15, 0.2) is 0 Å². The molecule has 20 heavy (non-hydrogen) atoms. The molecule has 0 spiro atoms. The molecule has 0 radical (unpaired) electrons. The first-order valence-corrected chi connectivity index (χ1v) is 9.11. The molecule has 0 aromatic carbocycles. The maximum Gasteiger partial charge on any atom is 0.252 e. The number of rotatable bonds is 2. The quantitative estimate of drug-likeness (QED) is 0.830. The molecule has 3 rings (SSSR count). The van der Waals surface area contributed by atoms with Gasteiger partial charge in [0.05, 0.1) is 0 Å². The van der Waals surface area contributed by atoms with Crippen molar-refractivity contribution >= 4 is 21.4 Å². The van der Waals surface area contributed by atoms with Crippen molar-refractivity contribution in [3.63, 3.8) is 0 Å². The highest BCUT2D eigenvalue weighted by Crippen LogP contribution is 2.28. The Hall–Kier alpha value is -0.940. The Bertz CT molecular complexity index is 632. The van der Waals surface area contributed by atoms with Gasteiger partial charge in [-0.2, -0.15) is 9.57 Å². The lowest BCUT2D eigenvalue weighted by Gasteiger charge is -2.24. The average Bonchev–Trinajstić information content (AvgIpc) is 3.04. The normalized spacial score (nSPS) is 25.1. The molecule has 108 valence electrons. The third-order valence-corrected chi connectivity index (χ3v) is 7.37. The zero-order valence-corrected chi connectivity index (χ0v) is 12.8. The van der Waals surface area contributed by atoms with Gasteiger partial charge in [-0.05, 0) is 44.5 Å². The Morgan fingerprint density at radius 3 is 2.80 bits per heavy atom. The first-order chi connectivity index (χ1) is 9.61. The van der Waals surface area contributed by atoms with Crippen LogP contribution in [0.25, 0.3) is 0 Å². The van der Waals surface area contributed by atoms with Gasteiger partial charge in [0.1, 0.15) is 15.2 Å². The third kappa shape index (κ3) is 2.49. The molecule has 2 saturated heterocycles. The third-order valence-electron chi connectivity index (χ3n) is 4.05. The van der Waals surface area contributed by atoms with Gasteiger partial charge in [-0.1, -0.05) is 0 Å². The van der Waals surface area contributed by atoms with Gasteiger partial charge in [0, 0.05) is 19.1 Å². The smallest absolute Gasteiger partial charge is 0.252 e. The number of hydrogen-bond acceptors (Lipinski definition) is 5. The van der Waals surface area contributed by atoms with Crippen LogP contribution in [-0.4, -0.2) is 49.8 Å². The van der Waals surface area contributed by atoms with Gasteiger partial charge in [-0.25, -0.2) is 8.42 Å². The maximum atomic E-state index is 12.7. The second-order valence-corrected chi connectivity index (χ2v) is 8.53. The van der Waals surface area contributed by atoms with E-state index in [2.05, 4.69) is 4.90 Å². The summed E-state index contributed by atoms with van der Waals surface area (Å²) in [5.74, 6) is 0. The number of thiophene rings is 1. The predicted molar refractivity (Wildman–Crippen MR) is 77.0 cm³/mol. The molecule has 0 bridgehead atoms. The fraction of sp³-hybridized carbons (Fsp3) is 0.615. The molecule has 1 aromatic rings. The van der Waals surface area contributed by atoms with E-state index in [0.717, 1.165) is 43.7 Å². The van der Waals surface area contributed by atoms with E-state index < -0.39 is 10.0 Å². The summed E-state index contributed by atoms with van der Waals surface area (Å²) < 4.78 is 27.2. The van der Waals surface area contributed by atoms with Crippen LogP contribution in [0.4, 0.5) is 0 Å². The van der Waals surface area contributed by atoms with E-state index >= 15 is 0 Å². The van der Waals surface area contributed by atoms with E-state index in [9.17, 15) is 8.42 Å². The lowest BCUT2D eigenvalue weighted by Crippen LogP contribution is -2.39. The molecule has 0 aliphatic carbocycles. The minimum absolute atomic E-state index is 0.292. The number of nitrogens with zero attached hydrogens (tertiary/aromatic N) is 3. The van der Waals surface area contributed by atoms with Crippen LogP contribution in [0, 0.1) is 11.3 Å². The van der Waals surface area contributed by atoms with E-state index in [1.807, 2.05) is 6.07 Å². The molecule has 0 N–H and O–H groups in total. The Morgan fingerprint density at radius 2 is 2.05 bits per heavy atom. The van der Waals surface area contributed by atoms with E-state index in [4.69, 9.17) is 5.26 Å². The molecule has 2 fully saturated rings. The summed E-state index contributed by atoms with van der Waals surface area (Å²) >= 11 is 1.06. The molecular formula is C13H17N3O2S2. The van der Waals surface area contributed by atoms with Crippen LogP contribution < -0.4 is 0 Å².